The van der Waals surface area contributed by atoms with Crippen LogP contribution in [0.5, 0.6) is 0 Å². The molecule has 0 amide bonds. The van der Waals surface area contributed by atoms with Gasteiger partial charge in [-0.15, -0.1) is 16.4 Å². The number of nitriles is 1. The molecule has 0 saturated heterocycles. The highest BCUT2D eigenvalue weighted by Crippen LogP contribution is 2.44. The first kappa shape index (κ1) is 29.6. The molecule has 1 atom stereocenters. The molecule has 0 saturated carbocycles. The maximum Gasteiger partial charge on any atom is 0.416 e. The Morgan fingerprint density at radius 1 is 1.21 bits per heavy atom. The lowest BCUT2D eigenvalue weighted by Gasteiger charge is -2.36. The van der Waals surface area contributed by atoms with E-state index in [-0.39, 0.29) is 29.5 Å². The standard InChI is InChI=1S/C29H26F3N7O3S/c1-15-23(26(40)42-5)24(22-10-9-18(13-33)11-19(22)14-37(4)25-16(2)43-17(3)34-25)39-27(35-36-28(39)41)38(15)21-8-6-7-20(12-21)29(30,31)32/h6-12,24H,14H2,1-5H3,(H,36,41)/t24-/m1/s1. The zero-order chi connectivity index (χ0) is 31.2. The third-order valence-corrected chi connectivity index (χ3v) is 8.07. The molecule has 1 aliphatic heterocycles. The predicted octanol–water partition coefficient (Wildman–Crippen LogP) is 5.36. The highest BCUT2D eigenvalue weighted by Gasteiger charge is 2.41. The summed E-state index contributed by atoms with van der Waals surface area (Å²) in [6, 6.07) is 10.5. The van der Waals surface area contributed by atoms with Gasteiger partial charge in [-0.05, 0) is 62.2 Å². The minimum Gasteiger partial charge on any atom is -0.466 e. The van der Waals surface area contributed by atoms with Crippen LogP contribution in [-0.2, 0) is 22.3 Å². The van der Waals surface area contributed by atoms with E-state index in [1.165, 1.54) is 28.7 Å². The van der Waals surface area contributed by atoms with Crippen LogP contribution in [0.2, 0.25) is 0 Å². The number of H-pyrrole nitrogens is 1. The number of carbonyl (C=O) groups excluding carboxylic acids is 1. The number of ether oxygens (including phenoxy) is 1. The quantitative estimate of drug-likeness (QED) is 0.290. The second-order valence-electron chi connectivity index (χ2n) is 9.97. The Bertz CT molecular complexity index is 1870. The summed E-state index contributed by atoms with van der Waals surface area (Å²) in [7, 11) is 3.03. The number of esters is 1. The molecule has 5 rings (SSSR count). The van der Waals surface area contributed by atoms with Crippen molar-refractivity contribution >= 4 is 34.8 Å². The van der Waals surface area contributed by atoms with E-state index in [0.29, 0.717) is 16.7 Å². The lowest BCUT2D eigenvalue weighted by molar-refractivity contribution is -0.138. The van der Waals surface area contributed by atoms with Gasteiger partial charge in [-0.25, -0.2) is 24.2 Å². The van der Waals surface area contributed by atoms with Gasteiger partial charge in [-0.2, -0.15) is 18.4 Å². The summed E-state index contributed by atoms with van der Waals surface area (Å²) in [6.45, 7) is 5.67. The highest BCUT2D eigenvalue weighted by atomic mass is 32.1. The largest absolute Gasteiger partial charge is 0.466 e. The van der Waals surface area contributed by atoms with E-state index < -0.39 is 29.4 Å². The van der Waals surface area contributed by atoms with Crippen molar-refractivity contribution in [2.75, 3.05) is 24.0 Å². The van der Waals surface area contributed by atoms with Crippen LogP contribution in [0.15, 0.2) is 58.5 Å². The van der Waals surface area contributed by atoms with E-state index in [1.54, 1.807) is 36.5 Å². The number of aromatic amines is 1. The van der Waals surface area contributed by atoms with Gasteiger partial charge < -0.3 is 9.64 Å². The minimum absolute atomic E-state index is 0.0187. The fourth-order valence-electron chi connectivity index (χ4n) is 5.36. The van der Waals surface area contributed by atoms with E-state index in [9.17, 15) is 28.0 Å². The second kappa shape index (κ2) is 11.1. The van der Waals surface area contributed by atoms with Crippen molar-refractivity contribution in [2.24, 2.45) is 0 Å². The Balaban J connectivity index is 1.74. The van der Waals surface area contributed by atoms with Crippen LogP contribution in [0.1, 0.15) is 45.1 Å². The van der Waals surface area contributed by atoms with Gasteiger partial charge in [-0.3, -0.25) is 4.90 Å². The smallest absolute Gasteiger partial charge is 0.416 e. The first-order valence-electron chi connectivity index (χ1n) is 13.0. The van der Waals surface area contributed by atoms with Gasteiger partial charge in [-0.1, -0.05) is 12.1 Å². The zero-order valence-electron chi connectivity index (χ0n) is 23.8. The number of benzene rings is 2. The van der Waals surface area contributed by atoms with Crippen LogP contribution in [0, 0.1) is 25.2 Å². The number of fused-ring (bicyclic) bond motifs is 1. The number of rotatable bonds is 6. The van der Waals surface area contributed by atoms with Gasteiger partial charge in [0, 0.05) is 29.9 Å². The van der Waals surface area contributed by atoms with Crippen LogP contribution in [0.4, 0.5) is 30.6 Å². The molecule has 14 heteroatoms. The number of halogens is 3. The fraction of sp³-hybridized carbons (Fsp3) is 0.276. The SMILES string of the molecule is COC(=O)C1=C(C)N(c2cccc(C(F)(F)F)c2)c2n[nH]c(=O)n2[C@@H]1c1ccc(C#N)cc1CN(C)c1nc(C)sc1C. The Morgan fingerprint density at radius 2 is 1.95 bits per heavy atom. The summed E-state index contributed by atoms with van der Waals surface area (Å²) in [4.78, 5) is 35.6. The van der Waals surface area contributed by atoms with Crippen LogP contribution < -0.4 is 15.5 Å². The maximum absolute atomic E-state index is 13.6. The maximum atomic E-state index is 13.6. The molecule has 0 unspecified atom stereocenters. The van der Waals surface area contributed by atoms with E-state index in [2.05, 4.69) is 21.3 Å². The van der Waals surface area contributed by atoms with Crippen molar-refractivity contribution in [3.63, 3.8) is 0 Å². The Labute approximate surface area is 248 Å². The Morgan fingerprint density at radius 3 is 2.58 bits per heavy atom. The summed E-state index contributed by atoms with van der Waals surface area (Å²) >= 11 is 1.54. The van der Waals surface area contributed by atoms with Crippen molar-refractivity contribution in [1.82, 2.24) is 19.7 Å². The second-order valence-corrected chi connectivity index (χ2v) is 11.4. The molecule has 0 bridgehead atoms. The molecular weight excluding hydrogens is 583 g/mol. The van der Waals surface area contributed by atoms with Crippen LogP contribution in [-0.4, -0.2) is 39.9 Å². The number of nitrogens with one attached hydrogen (secondary N) is 1. The molecule has 1 aliphatic rings. The molecule has 10 nitrogen and oxygen atoms in total. The third kappa shape index (κ3) is 5.27. The topological polar surface area (TPSA) is 120 Å². The number of methoxy groups -OCH3 is 1. The number of aryl methyl sites for hydroxylation is 2. The normalized spacial score (nSPS) is 14.9. The van der Waals surface area contributed by atoms with Crippen LogP contribution in [0.3, 0.4) is 0 Å². The summed E-state index contributed by atoms with van der Waals surface area (Å²) in [5.74, 6) is -0.0572. The number of thiazole rings is 1. The monoisotopic (exact) mass is 609 g/mol. The van der Waals surface area contributed by atoms with Crippen LogP contribution in [0.25, 0.3) is 0 Å². The molecule has 2 aromatic carbocycles. The predicted molar refractivity (Wildman–Crippen MR) is 154 cm³/mol. The van der Waals surface area contributed by atoms with Crippen molar-refractivity contribution < 1.29 is 22.7 Å². The molecule has 3 heterocycles. The number of nitrogens with zero attached hydrogens (tertiary/aromatic N) is 6. The molecular formula is C29H26F3N7O3S. The Hall–Kier alpha value is -4.90. The van der Waals surface area contributed by atoms with Gasteiger partial charge in [0.25, 0.3) is 0 Å². The lowest BCUT2D eigenvalue weighted by Crippen LogP contribution is -2.38. The number of carbonyl (C=O) groups is 1. The van der Waals surface area contributed by atoms with Gasteiger partial charge in [0.15, 0.2) is 0 Å². The summed E-state index contributed by atoms with van der Waals surface area (Å²) < 4.78 is 47.2. The first-order chi connectivity index (χ1) is 20.3. The number of aromatic nitrogens is 4. The molecule has 43 heavy (non-hydrogen) atoms. The number of alkyl halides is 3. The van der Waals surface area contributed by atoms with Crippen molar-refractivity contribution in [2.45, 2.75) is 39.5 Å². The molecule has 1 N–H and O–H groups in total. The van der Waals surface area contributed by atoms with E-state index in [0.717, 1.165) is 27.8 Å². The molecule has 222 valence electrons. The lowest BCUT2D eigenvalue weighted by atomic mass is 9.90. The van der Waals surface area contributed by atoms with Gasteiger partial charge in [0.05, 0.1) is 34.9 Å². The molecule has 0 fully saturated rings. The van der Waals surface area contributed by atoms with Gasteiger partial charge >= 0.3 is 17.8 Å². The van der Waals surface area contributed by atoms with Crippen molar-refractivity contribution in [1.29, 1.82) is 5.26 Å². The van der Waals surface area contributed by atoms with Gasteiger partial charge in [0.1, 0.15) is 11.9 Å². The summed E-state index contributed by atoms with van der Waals surface area (Å²) in [5, 5.41) is 17.1. The van der Waals surface area contributed by atoms with E-state index in [1.807, 2.05) is 25.8 Å². The number of anilines is 3. The van der Waals surface area contributed by atoms with Crippen LogP contribution >= 0.6 is 11.3 Å². The third-order valence-electron chi connectivity index (χ3n) is 7.19. The molecule has 0 aliphatic carbocycles. The Kier molecular flexibility index (Phi) is 7.61. The highest BCUT2D eigenvalue weighted by molar-refractivity contribution is 7.12. The van der Waals surface area contributed by atoms with Crippen molar-refractivity contribution in [3.05, 3.63) is 96.4 Å². The van der Waals surface area contributed by atoms with Gasteiger partial charge in [0.2, 0.25) is 5.95 Å². The summed E-state index contributed by atoms with van der Waals surface area (Å²) in [6.07, 6.45) is -4.63. The molecule has 2 aromatic heterocycles. The number of hydrogen-bond acceptors (Lipinski definition) is 9. The minimum atomic E-state index is -4.63. The van der Waals surface area contributed by atoms with E-state index >= 15 is 0 Å². The first-order valence-corrected chi connectivity index (χ1v) is 13.8. The molecule has 4 aromatic rings. The number of allylic oxidation sites excluding steroid dienone is 1. The average Bonchev–Trinajstić information content (AvgIpc) is 3.52. The fourth-order valence-corrected chi connectivity index (χ4v) is 6.23. The summed E-state index contributed by atoms with van der Waals surface area (Å²) in [5.41, 5.74) is 0.166. The number of hydrogen-bond donors (Lipinski definition) is 1. The van der Waals surface area contributed by atoms with E-state index in [4.69, 9.17) is 4.74 Å². The molecule has 0 spiro atoms. The zero-order valence-corrected chi connectivity index (χ0v) is 24.6. The van der Waals surface area contributed by atoms with Crippen molar-refractivity contribution in [3.8, 4) is 6.07 Å². The molecule has 0 radical (unpaired) electrons. The average molecular weight is 610 g/mol.